The summed E-state index contributed by atoms with van der Waals surface area (Å²) in [6.45, 7) is 1.69. The Morgan fingerprint density at radius 1 is 1.04 bits per heavy atom. The van der Waals surface area contributed by atoms with Gasteiger partial charge in [-0.3, -0.25) is 15.0 Å². The van der Waals surface area contributed by atoms with E-state index in [2.05, 4.69) is 34.3 Å². The average molecular weight is 348 g/mol. The molecular formula is C20H20N4O2. The third-order valence-corrected chi connectivity index (χ3v) is 4.69. The van der Waals surface area contributed by atoms with Crippen LogP contribution in [0.25, 0.3) is 5.69 Å². The minimum absolute atomic E-state index is 0.140. The first-order valence-electron chi connectivity index (χ1n) is 8.75. The maximum absolute atomic E-state index is 10.8. The van der Waals surface area contributed by atoms with E-state index in [4.69, 9.17) is 0 Å². The summed E-state index contributed by atoms with van der Waals surface area (Å²) in [7, 11) is 0. The summed E-state index contributed by atoms with van der Waals surface area (Å²) in [6, 6.07) is 17.8. The van der Waals surface area contributed by atoms with Gasteiger partial charge in [0.05, 0.1) is 10.6 Å². The molecule has 0 atom stereocenters. The Morgan fingerprint density at radius 3 is 2.15 bits per heavy atom. The summed E-state index contributed by atoms with van der Waals surface area (Å²) in [5.74, 6) is 0. The van der Waals surface area contributed by atoms with Crippen LogP contribution in [0.4, 0.5) is 5.69 Å². The molecule has 6 heteroatoms. The van der Waals surface area contributed by atoms with E-state index in [-0.39, 0.29) is 10.6 Å². The summed E-state index contributed by atoms with van der Waals surface area (Å²) in [5, 5.41) is 15.0. The van der Waals surface area contributed by atoms with Crippen molar-refractivity contribution in [1.29, 1.82) is 0 Å². The summed E-state index contributed by atoms with van der Waals surface area (Å²) in [4.78, 5) is 12.9. The molecule has 1 aliphatic carbocycles. The molecule has 0 spiro atoms. The lowest BCUT2D eigenvalue weighted by Gasteiger charge is -2.22. The number of hydrogen-bond acceptors (Lipinski definition) is 4. The minimum Gasteiger partial charge on any atom is -0.292 e. The Labute approximate surface area is 151 Å². The lowest BCUT2D eigenvalue weighted by Crippen LogP contribution is -2.25. The maximum atomic E-state index is 10.8. The van der Waals surface area contributed by atoms with Crippen molar-refractivity contribution in [3.05, 3.63) is 88.2 Å². The van der Waals surface area contributed by atoms with Gasteiger partial charge < -0.3 is 0 Å². The first-order valence-corrected chi connectivity index (χ1v) is 8.75. The molecule has 0 aliphatic heterocycles. The SMILES string of the molecule is O=[N+]([O-])c1ccc(CN(Cc2ccc(-n3cccn3)cc2)C2CC2)cc1. The van der Waals surface area contributed by atoms with Crippen molar-refractivity contribution in [2.45, 2.75) is 32.0 Å². The van der Waals surface area contributed by atoms with Gasteiger partial charge in [0.2, 0.25) is 0 Å². The fraction of sp³-hybridized carbons (Fsp3) is 0.250. The number of nitro groups is 1. The average Bonchev–Trinajstić information content (AvgIpc) is 3.36. The second-order valence-corrected chi connectivity index (χ2v) is 6.68. The molecule has 3 aromatic rings. The summed E-state index contributed by atoms with van der Waals surface area (Å²) >= 11 is 0. The van der Waals surface area contributed by atoms with Crippen molar-refractivity contribution >= 4 is 5.69 Å². The van der Waals surface area contributed by atoms with Gasteiger partial charge in [-0.15, -0.1) is 0 Å². The fourth-order valence-electron chi connectivity index (χ4n) is 3.12. The van der Waals surface area contributed by atoms with Gasteiger partial charge in [-0.25, -0.2) is 4.68 Å². The maximum Gasteiger partial charge on any atom is 0.269 e. The highest BCUT2D eigenvalue weighted by atomic mass is 16.6. The fourth-order valence-corrected chi connectivity index (χ4v) is 3.12. The molecular weight excluding hydrogens is 328 g/mol. The van der Waals surface area contributed by atoms with Gasteiger partial charge in [0.15, 0.2) is 0 Å². The zero-order valence-electron chi connectivity index (χ0n) is 14.4. The molecule has 0 bridgehead atoms. The predicted molar refractivity (Wildman–Crippen MR) is 98.9 cm³/mol. The van der Waals surface area contributed by atoms with Crippen LogP contribution in [0.5, 0.6) is 0 Å². The van der Waals surface area contributed by atoms with Crippen molar-refractivity contribution in [2.24, 2.45) is 0 Å². The number of nitro benzene ring substituents is 1. The van der Waals surface area contributed by atoms with E-state index < -0.39 is 0 Å². The summed E-state index contributed by atoms with van der Waals surface area (Å²) < 4.78 is 1.85. The van der Waals surface area contributed by atoms with Crippen LogP contribution < -0.4 is 0 Å². The number of nitrogens with zero attached hydrogens (tertiary/aromatic N) is 4. The smallest absolute Gasteiger partial charge is 0.269 e. The Hall–Kier alpha value is -2.99. The van der Waals surface area contributed by atoms with Crippen molar-refractivity contribution in [3.63, 3.8) is 0 Å². The second-order valence-electron chi connectivity index (χ2n) is 6.68. The normalized spacial score (nSPS) is 13.9. The lowest BCUT2D eigenvalue weighted by atomic mass is 10.1. The van der Waals surface area contributed by atoms with E-state index in [1.807, 2.05) is 29.1 Å². The van der Waals surface area contributed by atoms with Gasteiger partial charge in [0.1, 0.15) is 0 Å². The Bertz CT molecular complexity index is 869. The summed E-state index contributed by atoms with van der Waals surface area (Å²) in [6.07, 6.45) is 6.14. The molecule has 1 aromatic heterocycles. The van der Waals surface area contributed by atoms with Crippen molar-refractivity contribution in [3.8, 4) is 5.69 Å². The quantitative estimate of drug-likeness (QED) is 0.479. The van der Waals surface area contributed by atoms with Gasteiger partial charge in [0.25, 0.3) is 5.69 Å². The standard InChI is InChI=1S/C20H20N4O2/c25-24(26)20-8-4-17(5-9-20)15-22(18-10-11-18)14-16-2-6-19(7-3-16)23-13-1-12-21-23/h1-9,12-13,18H,10-11,14-15H2. The number of aromatic nitrogens is 2. The molecule has 1 fully saturated rings. The van der Waals surface area contributed by atoms with Gasteiger partial charge in [-0.1, -0.05) is 24.3 Å². The van der Waals surface area contributed by atoms with E-state index in [1.54, 1.807) is 18.3 Å². The predicted octanol–water partition coefficient (Wildman–Crippen LogP) is 3.95. The third-order valence-electron chi connectivity index (χ3n) is 4.69. The first-order chi connectivity index (χ1) is 12.7. The van der Waals surface area contributed by atoms with Crippen LogP contribution >= 0.6 is 0 Å². The van der Waals surface area contributed by atoms with E-state index in [0.29, 0.717) is 6.04 Å². The van der Waals surface area contributed by atoms with E-state index in [1.165, 1.54) is 18.4 Å². The highest BCUT2D eigenvalue weighted by Crippen LogP contribution is 2.30. The van der Waals surface area contributed by atoms with Gasteiger partial charge in [0, 0.05) is 43.7 Å². The molecule has 0 amide bonds. The number of hydrogen-bond donors (Lipinski definition) is 0. The molecule has 4 rings (SSSR count). The van der Waals surface area contributed by atoms with Crippen LogP contribution in [0.15, 0.2) is 67.0 Å². The van der Waals surface area contributed by atoms with Crippen molar-refractivity contribution < 1.29 is 4.92 Å². The van der Waals surface area contributed by atoms with Crippen LogP contribution in [0.3, 0.4) is 0 Å². The number of non-ortho nitro benzene ring substituents is 1. The van der Waals surface area contributed by atoms with Crippen LogP contribution in [0, 0.1) is 10.1 Å². The third kappa shape index (κ3) is 3.81. The number of rotatable bonds is 7. The minimum atomic E-state index is -0.358. The van der Waals surface area contributed by atoms with Crippen LogP contribution in [-0.2, 0) is 13.1 Å². The Balaban J connectivity index is 1.44. The second kappa shape index (κ2) is 7.09. The van der Waals surface area contributed by atoms with Gasteiger partial charge in [-0.05, 0) is 42.2 Å². The molecule has 1 aliphatic rings. The zero-order valence-corrected chi connectivity index (χ0v) is 14.4. The van der Waals surface area contributed by atoms with Crippen molar-refractivity contribution in [1.82, 2.24) is 14.7 Å². The molecule has 1 saturated carbocycles. The molecule has 132 valence electrons. The van der Waals surface area contributed by atoms with E-state index >= 15 is 0 Å². The van der Waals surface area contributed by atoms with E-state index in [0.717, 1.165) is 24.3 Å². The van der Waals surface area contributed by atoms with Gasteiger partial charge in [-0.2, -0.15) is 5.10 Å². The highest BCUT2D eigenvalue weighted by molar-refractivity contribution is 5.34. The molecule has 0 radical (unpaired) electrons. The van der Waals surface area contributed by atoms with Gasteiger partial charge >= 0.3 is 0 Å². The van der Waals surface area contributed by atoms with Crippen LogP contribution in [0.1, 0.15) is 24.0 Å². The van der Waals surface area contributed by atoms with Crippen LogP contribution in [-0.4, -0.2) is 25.6 Å². The zero-order chi connectivity index (χ0) is 17.9. The molecule has 6 nitrogen and oxygen atoms in total. The molecule has 0 unspecified atom stereocenters. The highest BCUT2D eigenvalue weighted by Gasteiger charge is 2.29. The molecule has 2 aromatic carbocycles. The molecule has 0 saturated heterocycles. The number of benzene rings is 2. The monoisotopic (exact) mass is 348 g/mol. The van der Waals surface area contributed by atoms with E-state index in [9.17, 15) is 10.1 Å². The molecule has 26 heavy (non-hydrogen) atoms. The van der Waals surface area contributed by atoms with Crippen LogP contribution in [0.2, 0.25) is 0 Å². The first kappa shape index (κ1) is 16.5. The Kier molecular flexibility index (Phi) is 4.50. The van der Waals surface area contributed by atoms with Crippen molar-refractivity contribution in [2.75, 3.05) is 0 Å². The molecule has 0 N–H and O–H groups in total. The molecule has 1 heterocycles. The summed E-state index contributed by atoms with van der Waals surface area (Å²) in [5.41, 5.74) is 3.55. The largest absolute Gasteiger partial charge is 0.292 e. The topological polar surface area (TPSA) is 64.2 Å². The lowest BCUT2D eigenvalue weighted by molar-refractivity contribution is -0.384. The Morgan fingerprint density at radius 2 is 1.65 bits per heavy atom.